The van der Waals surface area contributed by atoms with Crippen LogP contribution >= 0.6 is 0 Å². The third-order valence-corrected chi connectivity index (χ3v) is 29.4. The number of nitrogens with zero attached hydrogens (tertiary/aromatic N) is 12. The lowest BCUT2D eigenvalue weighted by atomic mass is 9.93. The van der Waals surface area contributed by atoms with Gasteiger partial charge in [0.1, 0.15) is 33.5 Å². The summed E-state index contributed by atoms with van der Waals surface area (Å²) in [6.07, 6.45) is 0. The Bertz CT molecular complexity index is 10800. The van der Waals surface area contributed by atoms with Crippen molar-refractivity contribution in [2.75, 3.05) is 0 Å². The molecule has 9 aromatic heterocycles. The van der Waals surface area contributed by atoms with E-state index in [4.69, 9.17) is 58.1 Å². The molecule has 0 radical (unpaired) electrons. The van der Waals surface area contributed by atoms with Crippen LogP contribution in [-0.4, -0.2) is 58.6 Å². The molecular formula is C129H72N12O3. The second-order valence-electron chi connectivity index (χ2n) is 37.2. The summed E-state index contributed by atoms with van der Waals surface area (Å²) < 4.78 is 25.4. The Kier molecular flexibility index (Phi) is 17.0. The molecule has 0 spiro atoms. The minimum atomic E-state index is 0.575. The second kappa shape index (κ2) is 30.9. The lowest BCUT2D eigenvalue weighted by Crippen LogP contribution is -2.06. The maximum atomic E-state index is 6.27. The van der Waals surface area contributed by atoms with Gasteiger partial charge < -0.3 is 13.3 Å². The van der Waals surface area contributed by atoms with Crippen molar-refractivity contribution < 1.29 is 13.3 Å². The molecule has 0 atom stereocenters. The quantitative estimate of drug-likeness (QED) is 0.134. The standard InChI is InChI=1S/3C43H24N4O/c1-2-11-26(12-3-1)41-44-42(32-19-10-22-36-38(32)31-16-6-7-21-35(31)48-36)46-43(45-41)47-33-20-9-18-30-28-15-5-4-14-27(28)29-17-8-13-25-23-24-34(47)40(37(25)29)39(30)33;1-2-10-26(11-3-1)41-44-42(27-20-22-31-30-15-6-7-19-36(30)48-37(31)24-27)46-43(45-41)47-34-18-9-17-33-29-14-5-4-13-28(29)32-16-8-12-25-21-23-35(47)40(38(25)32)39(33)34;1-2-10-26(11-3-1)41-44-42(27-21-23-37-33(24-27)30-15-6-7-19-36(30)48-37)46-43(45-41)47-34-18-9-17-32-29-14-5-4-13-28(29)31-16-8-12-25-20-22-35(47)40(38(25)31)39(32)34/h3*1-24H. The van der Waals surface area contributed by atoms with E-state index in [1.807, 2.05) is 152 Å². The van der Waals surface area contributed by atoms with Crippen LogP contribution in [0.1, 0.15) is 0 Å². The molecule has 0 amide bonds. The van der Waals surface area contributed by atoms with E-state index in [2.05, 4.69) is 299 Å². The molecule has 15 nitrogen and oxygen atoms in total. The first-order chi connectivity index (χ1) is 71.4. The van der Waals surface area contributed by atoms with E-state index in [-0.39, 0.29) is 0 Å². The van der Waals surface area contributed by atoms with Crippen molar-refractivity contribution in [1.29, 1.82) is 0 Å². The Balaban J connectivity index is 0.0000000986. The Morgan fingerprint density at radius 2 is 0.417 bits per heavy atom. The summed E-state index contributed by atoms with van der Waals surface area (Å²) in [6.45, 7) is 0. The number of rotatable bonds is 9. The summed E-state index contributed by atoms with van der Waals surface area (Å²) in [5.74, 6) is 5.38. The maximum Gasteiger partial charge on any atom is 0.238 e. The molecule has 21 aromatic carbocycles. The lowest BCUT2D eigenvalue weighted by molar-refractivity contribution is 0.668. The first-order valence-corrected chi connectivity index (χ1v) is 48.4. The van der Waals surface area contributed by atoms with Crippen molar-refractivity contribution in [3.63, 3.8) is 0 Å². The minimum absolute atomic E-state index is 0.575. The van der Waals surface area contributed by atoms with Crippen molar-refractivity contribution in [2.45, 2.75) is 0 Å². The first-order valence-electron chi connectivity index (χ1n) is 48.4. The highest BCUT2D eigenvalue weighted by Gasteiger charge is 2.33. The highest BCUT2D eigenvalue weighted by atomic mass is 16.3. The summed E-state index contributed by atoms with van der Waals surface area (Å²) in [5, 5.41) is 21.0. The monoisotopic (exact) mass is 1840 g/mol. The van der Waals surface area contributed by atoms with Crippen molar-refractivity contribution in [1.82, 2.24) is 58.6 Å². The zero-order valence-electron chi connectivity index (χ0n) is 76.7. The zero-order chi connectivity index (χ0) is 94.0. The number of fused-ring (bicyclic) bond motifs is 18. The molecule has 0 aliphatic heterocycles. The summed E-state index contributed by atoms with van der Waals surface area (Å²) in [7, 11) is 0. The van der Waals surface area contributed by atoms with Gasteiger partial charge in [-0.3, -0.25) is 13.7 Å². The van der Waals surface area contributed by atoms with E-state index < -0.39 is 0 Å². The van der Waals surface area contributed by atoms with Gasteiger partial charge in [0, 0.05) is 98.0 Å². The van der Waals surface area contributed by atoms with Crippen molar-refractivity contribution in [2.24, 2.45) is 0 Å². The van der Waals surface area contributed by atoms with Gasteiger partial charge in [0.2, 0.25) is 17.8 Å². The predicted octanol–water partition coefficient (Wildman–Crippen LogP) is 33.0. The third kappa shape index (κ3) is 11.9. The van der Waals surface area contributed by atoms with Crippen molar-refractivity contribution >= 4 is 164 Å². The molecule has 9 heterocycles. The van der Waals surface area contributed by atoms with Gasteiger partial charge in [-0.1, -0.05) is 346 Å². The molecule has 0 unspecified atom stereocenters. The second-order valence-corrected chi connectivity index (χ2v) is 37.2. The highest BCUT2D eigenvalue weighted by molar-refractivity contribution is 6.34. The predicted molar refractivity (Wildman–Crippen MR) is 583 cm³/mol. The van der Waals surface area contributed by atoms with Crippen LogP contribution in [-0.2, 0) is 0 Å². The van der Waals surface area contributed by atoms with E-state index in [1.165, 1.54) is 131 Å². The fourth-order valence-electron chi connectivity index (χ4n) is 23.2. The van der Waals surface area contributed by atoms with Crippen molar-refractivity contribution in [3.8, 4) is 153 Å². The molecule has 0 saturated heterocycles. The van der Waals surface area contributed by atoms with Crippen LogP contribution in [0.4, 0.5) is 0 Å². The average Bonchev–Trinajstić information content (AvgIpc) is 1.55. The van der Waals surface area contributed by atoms with Crippen LogP contribution in [0.25, 0.3) is 316 Å². The van der Waals surface area contributed by atoms with Gasteiger partial charge in [0.15, 0.2) is 34.9 Å². The number of furan rings is 3. The molecule has 0 bridgehead atoms. The molecule has 15 heteroatoms. The van der Waals surface area contributed by atoms with Crippen LogP contribution in [0.2, 0.25) is 0 Å². The van der Waals surface area contributed by atoms with Gasteiger partial charge in [-0.2, -0.15) is 29.9 Å². The van der Waals surface area contributed by atoms with Gasteiger partial charge in [0.25, 0.3) is 0 Å². The van der Waals surface area contributed by atoms with Crippen molar-refractivity contribution in [3.05, 3.63) is 437 Å². The molecule has 3 aliphatic rings. The molecule has 0 fully saturated rings. The maximum absolute atomic E-state index is 6.27. The molecule has 3 aliphatic carbocycles. The van der Waals surface area contributed by atoms with Crippen LogP contribution < -0.4 is 0 Å². The summed E-state index contributed by atoms with van der Waals surface area (Å²) in [6, 6.07) is 153. The molecule has 33 rings (SSSR count). The summed E-state index contributed by atoms with van der Waals surface area (Å²) >= 11 is 0. The van der Waals surface area contributed by atoms with Gasteiger partial charge >= 0.3 is 0 Å². The van der Waals surface area contributed by atoms with Crippen LogP contribution in [0, 0.1) is 0 Å². The van der Waals surface area contributed by atoms with E-state index in [9.17, 15) is 0 Å². The molecule has 666 valence electrons. The van der Waals surface area contributed by atoms with Crippen LogP contribution in [0.15, 0.2) is 450 Å². The smallest absolute Gasteiger partial charge is 0.238 e. The number of benzene rings is 21. The summed E-state index contributed by atoms with van der Waals surface area (Å²) in [5.41, 5.74) is 31.6. The fraction of sp³-hybridized carbons (Fsp3) is 0. The van der Waals surface area contributed by atoms with E-state index in [0.717, 1.165) is 132 Å². The lowest BCUT2D eigenvalue weighted by Gasteiger charge is -2.14. The molecule has 144 heavy (non-hydrogen) atoms. The Morgan fingerprint density at radius 3 is 0.847 bits per heavy atom. The van der Waals surface area contributed by atoms with E-state index in [1.54, 1.807) is 0 Å². The number of hydrogen-bond donors (Lipinski definition) is 0. The number of aromatic nitrogens is 12. The third-order valence-electron chi connectivity index (χ3n) is 29.4. The normalized spacial score (nSPS) is 12.2. The number of para-hydroxylation sites is 3. The van der Waals surface area contributed by atoms with Gasteiger partial charge in [-0.25, -0.2) is 15.0 Å². The van der Waals surface area contributed by atoms with Gasteiger partial charge in [0.05, 0.1) is 33.1 Å². The van der Waals surface area contributed by atoms with E-state index in [0.29, 0.717) is 52.8 Å². The van der Waals surface area contributed by atoms with Gasteiger partial charge in [-0.05, 0) is 190 Å². The first kappa shape index (κ1) is 79.3. The molecule has 0 saturated carbocycles. The Labute approximate surface area is 819 Å². The Hall–Kier alpha value is -19.8. The Morgan fingerprint density at radius 1 is 0.139 bits per heavy atom. The SMILES string of the molecule is c1ccc(-c2nc(-c3ccc4c(c3)oc3ccccc34)nc(-n3c4cccc5c4c4c6c(cccc6ccc43)-c3ccccc3-5)n2)cc1.c1ccc(-c2nc(-c3ccc4oc5ccccc5c4c3)nc(-n3c4cccc5c4c4c6c(cccc6ccc43)-c3ccccc3-5)n2)cc1.c1ccc(-c2nc(-c3cccc4oc5ccccc5c34)nc(-n3c4cccc5c4c4c6c(cccc6ccc43)-c3ccccc3-5)n2)cc1. The molecule has 30 aromatic rings. The zero-order valence-corrected chi connectivity index (χ0v) is 76.7. The largest absolute Gasteiger partial charge is 0.456 e. The average molecular weight is 1840 g/mol. The molecule has 0 N–H and O–H groups in total. The topological polar surface area (TPSA) is 170 Å². The van der Waals surface area contributed by atoms with Crippen LogP contribution in [0.3, 0.4) is 0 Å². The van der Waals surface area contributed by atoms with Gasteiger partial charge in [-0.15, -0.1) is 0 Å². The number of hydrogen-bond acceptors (Lipinski definition) is 12. The minimum Gasteiger partial charge on any atom is -0.456 e. The molecular weight excluding hydrogens is 1770 g/mol. The van der Waals surface area contributed by atoms with E-state index >= 15 is 0 Å². The highest BCUT2D eigenvalue weighted by Crippen LogP contribution is 2.55. The fourth-order valence-corrected chi connectivity index (χ4v) is 23.2. The van der Waals surface area contributed by atoms with Crippen LogP contribution in [0.5, 0.6) is 0 Å². The summed E-state index contributed by atoms with van der Waals surface area (Å²) in [4.78, 5) is 46.6.